The highest BCUT2D eigenvalue weighted by Gasteiger charge is 2.28. The van der Waals surface area contributed by atoms with Gasteiger partial charge in [-0.05, 0) is 36.8 Å². The highest BCUT2D eigenvalue weighted by Crippen LogP contribution is 2.22. The normalized spacial score (nSPS) is 17.6. The first kappa shape index (κ1) is 13.8. The Balaban J connectivity index is 2.32. The summed E-state index contributed by atoms with van der Waals surface area (Å²) < 4.78 is 5.14. The average Bonchev–Trinajstić information content (AvgIpc) is 2.68. The summed E-state index contributed by atoms with van der Waals surface area (Å²) in [7, 11) is 1.41. The van der Waals surface area contributed by atoms with E-state index < -0.39 is 0 Å². The molecule has 0 spiro atoms. The van der Waals surface area contributed by atoms with Crippen LogP contribution in [0.1, 0.15) is 12.5 Å². The average molecular weight is 270 g/mol. The fraction of sp³-hybridized carbons (Fsp3) is 0.125. The number of Topliss-reactive ketones (excluding diaryl/α,β-unsaturated/α-hetero) is 1. The minimum atomic E-state index is -0.334. The van der Waals surface area contributed by atoms with Crippen molar-refractivity contribution >= 4 is 17.6 Å². The lowest BCUT2D eigenvalue weighted by Gasteiger charge is -2.04. The number of methoxy groups -OCH3 is 1. The highest BCUT2D eigenvalue weighted by atomic mass is 16.5. The molecule has 4 nitrogen and oxygen atoms in total. The van der Waals surface area contributed by atoms with Gasteiger partial charge in [-0.1, -0.05) is 18.2 Å². The second-order valence-electron chi connectivity index (χ2n) is 4.39. The largest absolute Gasteiger partial charge is 0.508 e. The van der Waals surface area contributed by atoms with Crippen molar-refractivity contribution in [1.82, 2.24) is 0 Å². The van der Waals surface area contributed by atoms with Gasteiger partial charge in [0, 0.05) is 5.57 Å². The molecule has 1 aliphatic rings. The van der Waals surface area contributed by atoms with Gasteiger partial charge in [0.15, 0.2) is 11.6 Å². The molecule has 0 saturated heterocycles. The number of hydrogen-bond acceptors (Lipinski definition) is 4. The lowest BCUT2D eigenvalue weighted by atomic mass is 10.1. The SMILES string of the molecule is COC(/C=C/c1ccc(O)cc1)=C1\C(=O)C=C(C)C1=O. The molecule has 0 saturated carbocycles. The number of phenolic OH excluding ortho intramolecular Hbond substituents is 1. The van der Waals surface area contributed by atoms with E-state index in [0.29, 0.717) is 5.57 Å². The summed E-state index contributed by atoms with van der Waals surface area (Å²) in [6, 6.07) is 6.53. The van der Waals surface area contributed by atoms with Crippen LogP contribution in [0.2, 0.25) is 0 Å². The molecule has 0 unspecified atom stereocenters. The minimum Gasteiger partial charge on any atom is -0.508 e. The molecule has 0 bridgehead atoms. The molecule has 4 heteroatoms. The molecular formula is C16H14O4. The summed E-state index contributed by atoms with van der Waals surface area (Å²) in [6.07, 6.45) is 4.59. The molecule has 0 aromatic heterocycles. The van der Waals surface area contributed by atoms with Gasteiger partial charge in [0.1, 0.15) is 17.1 Å². The zero-order valence-corrected chi connectivity index (χ0v) is 11.2. The molecule has 0 fully saturated rings. The number of carbonyl (C=O) groups is 2. The van der Waals surface area contributed by atoms with Crippen LogP contribution in [0.25, 0.3) is 6.08 Å². The van der Waals surface area contributed by atoms with Gasteiger partial charge in [-0.2, -0.15) is 0 Å². The maximum absolute atomic E-state index is 11.9. The van der Waals surface area contributed by atoms with E-state index in [1.54, 1.807) is 43.3 Å². The van der Waals surface area contributed by atoms with E-state index in [1.165, 1.54) is 13.2 Å². The predicted octanol–water partition coefficient (Wildman–Crippen LogP) is 2.40. The molecule has 0 atom stereocenters. The molecule has 0 radical (unpaired) electrons. The third kappa shape index (κ3) is 2.69. The Kier molecular flexibility index (Phi) is 3.84. The maximum atomic E-state index is 11.9. The molecule has 0 heterocycles. The van der Waals surface area contributed by atoms with Gasteiger partial charge in [0.05, 0.1) is 7.11 Å². The topological polar surface area (TPSA) is 63.6 Å². The van der Waals surface area contributed by atoms with Crippen molar-refractivity contribution < 1.29 is 19.4 Å². The lowest BCUT2D eigenvalue weighted by molar-refractivity contribution is -0.116. The van der Waals surface area contributed by atoms with E-state index in [-0.39, 0.29) is 28.6 Å². The van der Waals surface area contributed by atoms with Gasteiger partial charge in [0.25, 0.3) is 0 Å². The van der Waals surface area contributed by atoms with Gasteiger partial charge in [-0.15, -0.1) is 0 Å². The van der Waals surface area contributed by atoms with Crippen molar-refractivity contribution in [1.29, 1.82) is 0 Å². The summed E-state index contributed by atoms with van der Waals surface area (Å²) in [6.45, 7) is 1.60. The molecule has 1 aliphatic carbocycles. The zero-order chi connectivity index (χ0) is 14.7. The minimum absolute atomic E-state index is 0.0556. The Morgan fingerprint density at radius 1 is 1.20 bits per heavy atom. The summed E-state index contributed by atoms with van der Waals surface area (Å²) in [5, 5.41) is 9.20. The number of hydrogen-bond donors (Lipinski definition) is 1. The van der Waals surface area contributed by atoms with Crippen LogP contribution in [0.3, 0.4) is 0 Å². The first-order chi connectivity index (χ1) is 9.52. The smallest absolute Gasteiger partial charge is 0.196 e. The van der Waals surface area contributed by atoms with Gasteiger partial charge in [0.2, 0.25) is 0 Å². The zero-order valence-electron chi connectivity index (χ0n) is 11.2. The first-order valence-electron chi connectivity index (χ1n) is 6.05. The van der Waals surface area contributed by atoms with Crippen LogP contribution >= 0.6 is 0 Å². The fourth-order valence-corrected chi connectivity index (χ4v) is 1.89. The van der Waals surface area contributed by atoms with E-state index in [4.69, 9.17) is 4.74 Å². The van der Waals surface area contributed by atoms with Gasteiger partial charge >= 0.3 is 0 Å². The lowest BCUT2D eigenvalue weighted by Crippen LogP contribution is -2.07. The molecule has 1 N–H and O–H groups in total. The van der Waals surface area contributed by atoms with Gasteiger partial charge in [-0.3, -0.25) is 9.59 Å². The predicted molar refractivity (Wildman–Crippen MR) is 74.9 cm³/mol. The fourth-order valence-electron chi connectivity index (χ4n) is 1.89. The summed E-state index contributed by atoms with van der Waals surface area (Å²) in [4.78, 5) is 23.6. The monoisotopic (exact) mass is 270 g/mol. The molecule has 20 heavy (non-hydrogen) atoms. The van der Waals surface area contributed by atoms with E-state index >= 15 is 0 Å². The second-order valence-corrected chi connectivity index (χ2v) is 4.39. The third-order valence-electron chi connectivity index (χ3n) is 2.97. The van der Waals surface area contributed by atoms with Crippen LogP contribution in [0.5, 0.6) is 5.75 Å². The van der Waals surface area contributed by atoms with E-state index in [9.17, 15) is 14.7 Å². The van der Waals surface area contributed by atoms with Crippen molar-refractivity contribution in [2.24, 2.45) is 0 Å². The van der Waals surface area contributed by atoms with Crippen LogP contribution in [0.4, 0.5) is 0 Å². The molecule has 1 aromatic rings. The van der Waals surface area contributed by atoms with Crippen molar-refractivity contribution in [2.45, 2.75) is 6.92 Å². The van der Waals surface area contributed by atoms with Crippen molar-refractivity contribution in [2.75, 3.05) is 7.11 Å². The Morgan fingerprint density at radius 3 is 2.35 bits per heavy atom. The molecule has 0 aliphatic heterocycles. The quantitative estimate of drug-likeness (QED) is 0.520. The molecule has 102 valence electrons. The second kappa shape index (κ2) is 5.57. The Morgan fingerprint density at radius 2 is 1.85 bits per heavy atom. The van der Waals surface area contributed by atoms with Crippen LogP contribution in [-0.4, -0.2) is 23.8 Å². The summed E-state index contributed by atoms with van der Waals surface area (Å²) >= 11 is 0. The van der Waals surface area contributed by atoms with Gasteiger partial charge < -0.3 is 9.84 Å². The number of aromatic hydroxyl groups is 1. The summed E-state index contributed by atoms with van der Waals surface area (Å²) in [5.74, 6) is -0.225. The highest BCUT2D eigenvalue weighted by molar-refractivity contribution is 6.36. The molecule has 2 rings (SSSR count). The van der Waals surface area contributed by atoms with E-state index in [2.05, 4.69) is 0 Å². The third-order valence-corrected chi connectivity index (χ3v) is 2.97. The Bertz CT molecular complexity index is 646. The number of allylic oxidation sites excluding steroid dienone is 4. The number of ether oxygens (including phenoxy) is 1. The molecule has 1 aromatic carbocycles. The van der Waals surface area contributed by atoms with E-state index in [0.717, 1.165) is 5.56 Å². The standard InChI is InChI=1S/C16H14O4/c1-10-9-13(18)15(16(10)19)14(20-2)8-5-11-3-6-12(17)7-4-11/h3-9,17H,1-2H3/b8-5+,15-14+. The maximum Gasteiger partial charge on any atom is 0.196 e. The van der Waals surface area contributed by atoms with Crippen LogP contribution in [0.15, 0.2) is 53.3 Å². The molecule has 0 amide bonds. The Hall–Kier alpha value is -2.62. The van der Waals surface area contributed by atoms with Crippen LogP contribution in [0, 0.1) is 0 Å². The van der Waals surface area contributed by atoms with Crippen molar-refractivity contribution in [3.8, 4) is 5.75 Å². The number of benzene rings is 1. The van der Waals surface area contributed by atoms with Crippen LogP contribution < -0.4 is 0 Å². The number of rotatable bonds is 3. The Labute approximate surface area is 116 Å². The number of carbonyl (C=O) groups excluding carboxylic acids is 2. The summed E-state index contributed by atoms with van der Waals surface area (Å²) in [5.41, 5.74) is 1.29. The number of ketones is 2. The van der Waals surface area contributed by atoms with E-state index in [1.807, 2.05) is 0 Å². The number of phenols is 1. The molecular weight excluding hydrogens is 256 g/mol. The van der Waals surface area contributed by atoms with Crippen molar-refractivity contribution in [3.63, 3.8) is 0 Å². The van der Waals surface area contributed by atoms with Crippen molar-refractivity contribution in [3.05, 3.63) is 58.9 Å². The first-order valence-corrected chi connectivity index (χ1v) is 6.05. The van der Waals surface area contributed by atoms with Crippen LogP contribution in [-0.2, 0) is 14.3 Å². The van der Waals surface area contributed by atoms with Gasteiger partial charge in [-0.25, -0.2) is 0 Å².